The Morgan fingerprint density at radius 2 is 1.76 bits per heavy atom. The summed E-state index contributed by atoms with van der Waals surface area (Å²) in [5.41, 5.74) is 4.26. The second-order valence-corrected chi connectivity index (χ2v) is 11.1. The van der Waals surface area contributed by atoms with Crippen LogP contribution in [0.2, 0.25) is 0 Å². The number of thiazole rings is 1. The van der Waals surface area contributed by atoms with Crippen LogP contribution in [-0.2, 0) is 11.3 Å². The van der Waals surface area contributed by atoms with E-state index in [0.29, 0.717) is 39.5 Å². The lowest BCUT2D eigenvalue weighted by molar-refractivity contribution is 0.0531. The minimum Gasteiger partial charge on any atom is -0.489 e. The van der Waals surface area contributed by atoms with Crippen LogP contribution < -0.4 is 15.1 Å². The highest BCUT2D eigenvalue weighted by Gasteiger charge is 2.45. The van der Waals surface area contributed by atoms with E-state index in [0.717, 1.165) is 28.0 Å². The van der Waals surface area contributed by atoms with E-state index >= 15 is 0 Å². The highest BCUT2D eigenvalue weighted by atomic mass is 32.1. The first-order chi connectivity index (χ1) is 20.3. The van der Waals surface area contributed by atoms with Crippen LogP contribution in [0, 0.1) is 20.8 Å². The fraction of sp³-hybridized carbons (Fsp3) is 0.212. The maximum Gasteiger partial charge on any atom is 0.350 e. The van der Waals surface area contributed by atoms with E-state index in [-0.39, 0.29) is 28.5 Å². The minimum absolute atomic E-state index is 0.0399. The molecule has 9 heteroatoms. The van der Waals surface area contributed by atoms with Gasteiger partial charge in [-0.1, -0.05) is 53.8 Å². The van der Waals surface area contributed by atoms with Crippen molar-refractivity contribution in [3.63, 3.8) is 0 Å². The van der Waals surface area contributed by atoms with Gasteiger partial charge >= 0.3 is 5.97 Å². The Balaban J connectivity index is 1.50. The molecular formula is C33H28N2O6S. The van der Waals surface area contributed by atoms with E-state index in [9.17, 15) is 14.4 Å². The summed E-state index contributed by atoms with van der Waals surface area (Å²) in [5, 5.41) is 0.666. The molecule has 8 nitrogen and oxygen atoms in total. The van der Waals surface area contributed by atoms with Gasteiger partial charge in [-0.15, -0.1) is 0 Å². The van der Waals surface area contributed by atoms with Crippen LogP contribution in [0.3, 0.4) is 0 Å². The highest BCUT2D eigenvalue weighted by Crippen LogP contribution is 2.44. The molecule has 0 fully saturated rings. The topological polar surface area (TPSA) is 98.9 Å². The van der Waals surface area contributed by atoms with Crippen molar-refractivity contribution in [2.45, 2.75) is 40.3 Å². The SMILES string of the molecule is CCOC(=O)c1sc(N2C(=O)c3oc4cc(C)c(C)cc4c(=O)c3C2c2cccc(OCc3ccccc3)c2)nc1C. The van der Waals surface area contributed by atoms with Crippen molar-refractivity contribution in [3.8, 4) is 5.75 Å². The predicted octanol–water partition coefficient (Wildman–Crippen LogP) is 6.68. The number of carbonyl (C=O) groups excluding carboxylic acids is 2. The Kier molecular flexibility index (Phi) is 7.12. The third kappa shape index (κ3) is 4.75. The van der Waals surface area contributed by atoms with Gasteiger partial charge in [0.15, 0.2) is 10.6 Å². The fourth-order valence-corrected chi connectivity index (χ4v) is 6.11. The summed E-state index contributed by atoms with van der Waals surface area (Å²) in [6.07, 6.45) is 0. The van der Waals surface area contributed by atoms with Crippen molar-refractivity contribution in [1.29, 1.82) is 0 Å². The molecule has 1 unspecified atom stereocenters. The summed E-state index contributed by atoms with van der Waals surface area (Å²) < 4.78 is 17.4. The van der Waals surface area contributed by atoms with Gasteiger partial charge in [-0.2, -0.15) is 0 Å². The first-order valence-electron chi connectivity index (χ1n) is 13.6. The molecule has 2 aromatic heterocycles. The van der Waals surface area contributed by atoms with E-state index in [4.69, 9.17) is 13.9 Å². The maximum atomic E-state index is 14.1. The van der Waals surface area contributed by atoms with E-state index in [1.807, 2.05) is 68.4 Å². The zero-order valence-electron chi connectivity index (χ0n) is 23.6. The molecule has 0 radical (unpaired) electrons. The molecule has 3 aromatic carbocycles. The lowest BCUT2D eigenvalue weighted by Gasteiger charge is -2.23. The van der Waals surface area contributed by atoms with Crippen molar-refractivity contribution in [2.24, 2.45) is 0 Å². The lowest BCUT2D eigenvalue weighted by atomic mass is 9.97. The second-order valence-electron chi connectivity index (χ2n) is 10.2. The quantitative estimate of drug-likeness (QED) is 0.198. The molecule has 1 amide bonds. The highest BCUT2D eigenvalue weighted by molar-refractivity contribution is 7.17. The van der Waals surface area contributed by atoms with Crippen molar-refractivity contribution < 1.29 is 23.5 Å². The third-order valence-electron chi connectivity index (χ3n) is 7.36. The third-order valence-corrected chi connectivity index (χ3v) is 8.50. The number of benzene rings is 3. The van der Waals surface area contributed by atoms with E-state index in [1.165, 1.54) is 4.90 Å². The van der Waals surface area contributed by atoms with E-state index < -0.39 is 17.9 Å². The Labute approximate surface area is 246 Å². The number of aryl methyl sites for hydroxylation is 3. The number of hydrogen-bond acceptors (Lipinski definition) is 8. The van der Waals surface area contributed by atoms with Crippen LogP contribution in [-0.4, -0.2) is 23.5 Å². The molecule has 0 spiro atoms. The lowest BCUT2D eigenvalue weighted by Crippen LogP contribution is -2.29. The maximum absolute atomic E-state index is 14.1. The number of ether oxygens (including phenoxy) is 2. The summed E-state index contributed by atoms with van der Waals surface area (Å²) in [7, 11) is 0. The first kappa shape index (κ1) is 27.4. The number of nitrogens with zero attached hydrogens (tertiary/aromatic N) is 2. The van der Waals surface area contributed by atoms with E-state index in [2.05, 4.69) is 4.98 Å². The standard InChI is InChI=1S/C33H28N2O6S/c1-5-39-32(38)30-20(4)34-33(42-30)35-27(22-12-9-13-23(16-22)40-17-21-10-7-6-8-11-21)26-28(36)24-14-18(2)19(3)15-25(24)41-29(26)31(35)37/h6-16,27H,5,17H2,1-4H3. The first-order valence-corrected chi connectivity index (χ1v) is 14.4. The van der Waals surface area contributed by atoms with Gasteiger partial charge in [0.1, 0.15) is 22.8 Å². The van der Waals surface area contributed by atoms with Gasteiger partial charge in [-0.3, -0.25) is 14.5 Å². The number of amides is 1. The van der Waals surface area contributed by atoms with Crippen molar-refractivity contribution in [2.75, 3.05) is 11.5 Å². The average Bonchev–Trinajstić information content (AvgIpc) is 3.51. The van der Waals surface area contributed by atoms with Crippen LogP contribution in [0.5, 0.6) is 5.75 Å². The molecule has 5 aromatic rings. The summed E-state index contributed by atoms with van der Waals surface area (Å²) in [6.45, 7) is 7.84. The number of anilines is 1. The fourth-order valence-electron chi connectivity index (χ4n) is 5.13. The van der Waals surface area contributed by atoms with Gasteiger partial charge in [0.2, 0.25) is 5.76 Å². The Morgan fingerprint density at radius 3 is 2.52 bits per heavy atom. The number of rotatable bonds is 7. The van der Waals surface area contributed by atoms with Gasteiger partial charge in [0, 0.05) is 0 Å². The predicted molar refractivity (Wildman–Crippen MR) is 161 cm³/mol. The zero-order valence-corrected chi connectivity index (χ0v) is 24.4. The van der Waals surface area contributed by atoms with E-state index in [1.54, 1.807) is 26.0 Å². The Bertz CT molecular complexity index is 1910. The molecule has 0 saturated heterocycles. The Morgan fingerprint density at radius 1 is 1.00 bits per heavy atom. The van der Waals surface area contributed by atoms with Gasteiger partial charge < -0.3 is 13.9 Å². The van der Waals surface area contributed by atoms with Crippen LogP contribution in [0.1, 0.15) is 66.7 Å². The molecule has 212 valence electrons. The van der Waals surface area contributed by atoms with Gasteiger partial charge in [-0.05, 0) is 74.2 Å². The molecule has 1 aliphatic heterocycles. The largest absolute Gasteiger partial charge is 0.489 e. The molecule has 0 bridgehead atoms. The summed E-state index contributed by atoms with van der Waals surface area (Å²) in [6, 6.07) is 19.8. The second kappa shape index (κ2) is 10.9. The number of fused-ring (bicyclic) bond motifs is 2. The average molecular weight is 581 g/mol. The number of hydrogen-bond donors (Lipinski definition) is 0. The monoisotopic (exact) mass is 580 g/mol. The van der Waals surface area contributed by atoms with Gasteiger partial charge in [0.05, 0.1) is 29.3 Å². The van der Waals surface area contributed by atoms with Crippen LogP contribution in [0.25, 0.3) is 11.0 Å². The zero-order chi connectivity index (χ0) is 29.5. The number of carbonyl (C=O) groups is 2. The molecule has 0 aliphatic carbocycles. The normalized spacial score (nSPS) is 14.3. The van der Waals surface area contributed by atoms with Crippen molar-refractivity contribution >= 4 is 39.3 Å². The molecule has 3 heterocycles. The summed E-state index contributed by atoms with van der Waals surface area (Å²) >= 11 is 1.05. The molecular weight excluding hydrogens is 552 g/mol. The molecule has 6 rings (SSSR count). The number of esters is 1. The molecule has 0 N–H and O–H groups in total. The van der Waals surface area contributed by atoms with Crippen molar-refractivity contribution in [3.05, 3.63) is 121 Å². The molecule has 1 aliphatic rings. The minimum atomic E-state index is -0.851. The van der Waals surface area contributed by atoms with Crippen LogP contribution in [0.4, 0.5) is 5.13 Å². The van der Waals surface area contributed by atoms with Crippen LogP contribution >= 0.6 is 11.3 Å². The molecule has 0 saturated carbocycles. The smallest absolute Gasteiger partial charge is 0.350 e. The summed E-state index contributed by atoms with van der Waals surface area (Å²) in [4.78, 5) is 47.1. The van der Waals surface area contributed by atoms with Gasteiger partial charge in [-0.25, -0.2) is 9.78 Å². The summed E-state index contributed by atoms with van der Waals surface area (Å²) in [5.74, 6) is -0.480. The van der Waals surface area contributed by atoms with Crippen molar-refractivity contribution in [1.82, 2.24) is 4.98 Å². The van der Waals surface area contributed by atoms with Crippen LogP contribution in [0.15, 0.2) is 75.9 Å². The molecule has 42 heavy (non-hydrogen) atoms. The van der Waals surface area contributed by atoms with Gasteiger partial charge in [0.25, 0.3) is 5.91 Å². The number of aromatic nitrogens is 1. The molecule has 1 atom stereocenters. The Hall–Kier alpha value is -4.76.